The summed E-state index contributed by atoms with van der Waals surface area (Å²) in [7, 11) is 0. The van der Waals surface area contributed by atoms with Crippen LogP contribution in [0.5, 0.6) is 0 Å². The van der Waals surface area contributed by atoms with Crippen LogP contribution in [-0.2, 0) is 19.2 Å². The van der Waals surface area contributed by atoms with E-state index in [1.807, 2.05) is 48.5 Å². The Kier molecular flexibility index (Phi) is 17.1. The first kappa shape index (κ1) is 39.3. The molecule has 254 valence electrons. The van der Waals surface area contributed by atoms with E-state index in [2.05, 4.69) is 31.9 Å². The fourth-order valence-corrected chi connectivity index (χ4v) is 4.68. The number of rotatable bonds is 19. The number of aromatic nitrogens is 1. The molecule has 6 atom stereocenters. The van der Waals surface area contributed by atoms with Gasteiger partial charge in [0.2, 0.25) is 23.6 Å². The average Bonchev–Trinajstić information content (AvgIpc) is 2.98. The van der Waals surface area contributed by atoms with Crippen molar-refractivity contribution in [1.29, 1.82) is 0 Å². The lowest BCUT2D eigenvalue weighted by Crippen LogP contribution is -2.58. The zero-order valence-corrected chi connectivity index (χ0v) is 28.4. The molecular formula is C32H55N7O6. The normalized spacial score (nSPS) is 15.3. The highest BCUT2D eigenvalue weighted by molar-refractivity contribution is 5.98. The molecular weight excluding hydrogens is 578 g/mol. The molecule has 45 heavy (non-hydrogen) atoms. The van der Waals surface area contributed by atoms with Gasteiger partial charge < -0.3 is 37.1 Å². The molecule has 1 aromatic heterocycles. The van der Waals surface area contributed by atoms with Crippen molar-refractivity contribution < 1.29 is 28.7 Å². The van der Waals surface area contributed by atoms with Gasteiger partial charge in [-0.3, -0.25) is 24.0 Å². The first-order valence-electron chi connectivity index (χ1n) is 16.1. The van der Waals surface area contributed by atoms with E-state index >= 15 is 0 Å². The number of carbonyl (C=O) groups is 5. The molecule has 0 aromatic carbocycles. The molecule has 0 aliphatic carbocycles. The van der Waals surface area contributed by atoms with Crippen LogP contribution in [0.15, 0.2) is 24.5 Å². The Morgan fingerprint density at radius 1 is 0.756 bits per heavy atom. The van der Waals surface area contributed by atoms with Gasteiger partial charge in [0, 0.05) is 31.3 Å². The summed E-state index contributed by atoms with van der Waals surface area (Å²) in [5, 5.41) is 28.6. The minimum Gasteiger partial charge on any atom is -0.619 e. The number of nitrogens with zero attached hydrogens (tertiary/aromatic N) is 1. The van der Waals surface area contributed by atoms with Crippen molar-refractivity contribution in [3.05, 3.63) is 35.3 Å². The van der Waals surface area contributed by atoms with Crippen LogP contribution in [0.4, 0.5) is 0 Å². The van der Waals surface area contributed by atoms with E-state index < -0.39 is 36.0 Å². The Balaban J connectivity index is 2.91. The molecule has 13 nitrogen and oxygen atoms in total. The molecule has 0 saturated heterocycles. The summed E-state index contributed by atoms with van der Waals surface area (Å²) < 4.78 is 0.564. The van der Waals surface area contributed by atoms with Gasteiger partial charge in [-0.15, -0.1) is 0 Å². The predicted octanol–water partition coefficient (Wildman–Crippen LogP) is 1.15. The summed E-state index contributed by atoms with van der Waals surface area (Å²) in [6, 6.07) is -0.637. The van der Waals surface area contributed by atoms with E-state index in [1.54, 1.807) is 13.8 Å². The van der Waals surface area contributed by atoms with Crippen molar-refractivity contribution >= 4 is 29.5 Å². The van der Waals surface area contributed by atoms with Gasteiger partial charge in [0.05, 0.1) is 11.6 Å². The van der Waals surface area contributed by atoms with E-state index in [4.69, 9.17) is 0 Å². The second-order valence-corrected chi connectivity index (χ2v) is 12.3. The average molecular weight is 634 g/mol. The monoisotopic (exact) mass is 633 g/mol. The Morgan fingerprint density at radius 2 is 1.38 bits per heavy atom. The summed E-state index contributed by atoms with van der Waals surface area (Å²) >= 11 is 0. The lowest BCUT2D eigenvalue weighted by molar-refractivity contribution is -0.605. The van der Waals surface area contributed by atoms with E-state index in [-0.39, 0.29) is 47.1 Å². The number of likely N-dealkylation sites (N-methyl/N-ethyl adjacent to an activating group) is 1. The highest BCUT2D eigenvalue weighted by atomic mass is 16.5. The molecule has 0 aliphatic rings. The van der Waals surface area contributed by atoms with Gasteiger partial charge in [-0.25, -0.2) is 0 Å². The Morgan fingerprint density at radius 3 is 1.89 bits per heavy atom. The Labute approximate surface area is 268 Å². The second-order valence-electron chi connectivity index (χ2n) is 12.3. The largest absolute Gasteiger partial charge is 0.619 e. The van der Waals surface area contributed by atoms with Gasteiger partial charge in [-0.05, 0) is 44.4 Å². The van der Waals surface area contributed by atoms with Crippen molar-refractivity contribution in [1.82, 2.24) is 31.9 Å². The van der Waals surface area contributed by atoms with E-state index in [0.29, 0.717) is 37.1 Å². The molecule has 0 unspecified atom stereocenters. The number of hydrogen-bond donors (Lipinski definition) is 6. The number of pyridine rings is 1. The summed E-state index contributed by atoms with van der Waals surface area (Å²) in [5.74, 6) is -2.00. The van der Waals surface area contributed by atoms with Crippen LogP contribution in [0.2, 0.25) is 0 Å². The third-order valence-electron chi connectivity index (χ3n) is 7.65. The molecule has 0 aliphatic heterocycles. The SMILES string of the molecule is CCNC(=O)[C@@H](NC(=O)[C@H](C)NC[C@H](CC(C)C)NC(=O)[C@H](CC)NC(=O)[C@@H](NC(=O)c1cc[n+]([O-])cc1)[C@@H](C)CC)C(C)C. The molecule has 0 saturated carbocycles. The predicted molar refractivity (Wildman–Crippen MR) is 173 cm³/mol. The van der Waals surface area contributed by atoms with Crippen molar-refractivity contribution in [2.24, 2.45) is 17.8 Å². The first-order chi connectivity index (χ1) is 21.1. The molecule has 0 fully saturated rings. The second kappa shape index (κ2) is 19.6. The molecule has 0 bridgehead atoms. The molecule has 1 aromatic rings. The maximum Gasteiger partial charge on any atom is 0.252 e. The van der Waals surface area contributed by atoms with Gasteiger partial charge >= 0.3 is 0 Å². The molecule has 0 spiro atoms. The quantitative estimate of drug-likeness (QED) is 0.0975. The van der Waals surface area contributed by atoms with Crippen LogP contribution in [0.3, 0.4) is 0 Å². The van der Waals surface area contributed by atoms with Crippen LogP contribution in [0.25, 0.3) is 0 Å². The van der Waals surface area contributed by atoms with Crippen LogP contribution in [0.1, 0.15) is 91.9 Å². The van der Waals surface area contributed by atoms with Crippen molar-refractivity contribution in [3.8, 4) is 0 Å². The number of carbonyl (C=O) groups excluding carboxylic acids is 5. The van der Waals surface area contributed by atoms with Gasteiger partial charge in [-0.2, -0.15) is 4.73 Å². The van der Waals surface area contributed by atoms with Gasteiger partial charge in [-0.1, -0.05) is 54.9 Å². The number of hydrogen-bond acceptors (Lipinski definition) is 7. The topological polar surface area (TPSA) is 184 Å². The summed E-state index contributed by atoms with van der Waals surface area (Å²) in [6.45, 7) is 17.6. The smallest absolute Gasteiger partial charge is 0.252 e. The van der Waals surface area contributed by atoms with Crippen molar-refractivity contribution in [2.45, 2.75) is 112 Å². The van der Waals surface area contributed by atoms with Crippen molar-refractivity contribution in [2.75, 3.05) is 13.1 Å². The fraction of sp³-hybridized carbons (Fsp3) is 0.688. The third kappa shape index (κ3) is 13.4. The molecule has 1 heterocycles. The fourth-order valence-electron chi connectivity index (χ4n) is 4.68. The van der Waals surface area contributed by atoms with Crippen LogP contribution >= 0.6 is 0 Å². The Hall–Kier alpha value is -3.74. The van der Waals surface area contributed by atoms with Crippen LogP contribution in [0, 0.1) is 23.0 Å². The summed E-state index contributed by atoms with van der Waals surface area (Å²) in [5.41, 5.74) is 0.240. The van der Waals surface area contributed by atoms with Crippen LogP contribution in [-0.4, -0.2) is 72.8 Å². The van der Waals surface area contributed by atoms with E-state index in [9.17, 15) is 29.2 Å². The zero-order valence-electron chi connectivity index (χ0n) is 28.4. The van der Waals surface area contributed by atoms with Gasteiger partial charge in [0.15, 0.2) is 12.4 Å². The lowest BCUT2D eigenvalue weighted by atomic mass is 9.97. The minimum absolute atomic E-state index is 0.0976. The van der Waals surface area contributed by atoms with Gasteiger partial charge in [0.25, 0.3) is 5.91 Å². The first-order valence-corrected chi connectivity index (χ1v) is 16.1. The highest BCUT2D eigenvalue weighted by Gasteiger charge is 2.31. The van der Waals surface area contributed by atoms with E-state index in [0.717, 1.165) is 0 Å². The maximum absolute atomic E-state index is 13.4. The number of nitrogens with one attached hydrogen (secondary N) is 6. The zero-order chi connectivity index (χ0) is 34.3. The molecule has 6 N–H and O–H groups in total. The van der Waals surface area contributed by atoms with Gasteiger partial charge in [0.1, 0.15) is 18.1 Å². The number of amides is 5. The molecule has 0 radical (unpaired) electrons. The minimum atomic E-state index is -0.898. The van der Waals surface area contributed by atoms with Crippen molar-refractivity contribution in [3.63, 3.8) is 0 Å². The molecule has 1 rings (SSSR count). The lowest BCUT2D eigenvalue weighted by Gasteiger charge is -2.28. The maximum atomic E-state index is 13.4. The van der Waals surface area contributed by atoms with Crippen LogP contribution < -0.4 is 36.6 Å². The standard InChI is InChI=1S/C32H55N7O6/c1-10-21(8)27(38-29(41)23-13-15-39(45)16-14-23)32(44)36-25(11-2)30(42)35-24(17-19(4)5)18-34-22(9)28(40)37-26(20(6)7)31(43)33-12-3/h13-16,19-22,24-27,34H,10-12,17-18H2,1-9H3,(H,33,43)(H,35,42)(H,36,44)(H,37,40)(H,38,41)/t21-,22-,24-,25-,26-,27-/m0/s1. The summed E-state index contributed by atoms with van der Waals surface area (Å²) in [6.07, 6.45) is 3.95. The molecule has 13 heteroatoms. The summed E-state index contributed by atoms with van der Waals surface area (Å²) in [4.78, 5) is 64.9. The Bertz CT molecular complexity index is 1110. The highest BCUT2D eigenvalue weighted by Crippen LogP contribution is 2.11. The third-order valence-corrected chi connectivity index (χ3v) is 7.65. The van der Waals surface area contributed by atoms with E-state index in [1.165, 1.54) is 24.5 Å². The molecule has 5 amide bonds.